The molecular weight excluding hydrogens is 329 g/mol. The van der Waals surface area contributed by atoms with E-state index in [9.17, 15) is 17.6 Å². The van der Waals surface area contributed by atoms with Crippen molar-refractivity contribution in [1.82, 2.24) is 0 Å². The molecule has 0 atom stereocenters. The van der Waals surface area contributed by atoms with Crippen molar-refractivity contribution < 1.29 is 17.6 Å². The molecule has 0 amide bonds. The maximum Gasteiger partial charge on any atom is 0.417 e. The molecule has 3 nitrogen and oxygen atoms in total. The first-order chi connectivity index (χ1) is 6.86. The van der Waals surface area contributed by atoms with Gasteiger partial charge in [0.15, 0.2) is 0 Å². The quantitative estimate of drug-likeness (QED) is 0.241. The molecule has 0 bridgehead atoms. The monoisotopic (exact) mass is 331 g/mol. The Hall–Kier alpha value is -1.02. The predicted octanol–water partition coefficient (Wildman–Crippen LogP) is 4.39. The van der Waals surface area contributed by atoms with Gasteiger partial charge in [-0.05, 0) is 40.3 Å². The van der Waals surface area contributed by atoms with E-state index in [1.165, 1.54) is 22.6 Å². The molecular formula is C7H2F4IN3. The van der Waals surface area contributed by atoms with Crippen molar-refractivity contribution >= 4 is 28.3 Å². The van der Waals surface area contributed by atoms with Crippen LogP contribution in [0.4, 0.5) is 23.2 Å². The van der Waals surface area contributed by atoms with E-state index in [1.807, 2.05) is 0 Å². The molecule has 0 radical (unpaired) electrons. The minimum absolute atomic E-state index is 0.320. The zero-order valence-electron chi connectivity index (χ0n) is 6.89. The van der Waals surface area contributed by atoms with Crippen molar-refractivity contribution in [3.05, 3.63) is 37.5 Å². The lowest BCUT2D eigenvalue weighted by atomic mass is 10.2. The van der Waals surface area contributed by atoms with Crippen molar-refractivity contribution in [2.45, 2.75) is 6.18 Å². The summed E-state index contributed by atoms with van der Waals surface area (Å²) in [6, 6.07) is 1.11. The van der Waals surface area contributed by atoms with Gasteiger partial charge in [0.2, 0.25) is 0 Å². The number of halogens is 5. The summed E-state index contributed by atoms with van der Waals surface area (Å²) in [5.41, 5.74) is 6.56. The Balaban J connectivity index is 3.48. The minimum atomic E-state index is -4.67. The van der Waals surface area contributed by atoms with Crippen LogP contribution in [-0.4, -0.2) is 0 Å². The molecule has 0 fully saturated rings. The molecule has 0 heterocycles. The van der Waals surface area contributed by atoms with Gasteiger partial charge in [-0.25, -0.2) is 4.39 Å². The normalized spacial score (nSPS) is 11.0. The average molecular weight is 331 g/mol. The van der Waals surface area contributed by atoms with Crippen LogP contribution >= 0.6 is 22.6 Å². The fraction of sp³-hybridized carbons (Fsp3) is 0.143. The average Bonchev–Trinajstić information content (AvgIpc) is 2.09. The number of hydrogen-bond acceptors (Lipinski definition) is 1. The second-order valence-corrected chi connectivity index (χ2v) is 3.55. The second-order valence-electron chi connectivity index (χ2n) is 2.47. The zero-order chi connectivity index (χ0) is 11.6. The van der Waals surface area contributed by atoms with E-state index in [0.717, 1.165) is 6.07 Å². The molecule has 0 spiro atoms. The summed E-state index contributed by atoms with van der Waals surface area (Å²) in [6.07, 6.45) is -4.67. The molecule has 15 heavy (non-hydrogen) atoms. The molecule has 8 heteroatoms. The third-order valence-electron chi connectivity index (χ3n) is 1.48. The maximum atomic E-state index is 12.8. The van der Waals surface area contributed by atoms with Gasteiger partial charge in [-0.2, -0.15) is 13.2 Å². The molecule has 0 aliphatic carbocycles. The van der Waals surface area contributed by atoms with E-state index in [-0.39, 0.29) is 9.26 Å². The van der Waals surface area contributed by atoms with Crippen molar-refractivity contribution in [3.8, 4) is 0 Å². The number of nitrogens with zero attached hydrogens (tertiary/aromatic N) is 3. The van der Waals surface area contributed by atoms with E-state index in [4.69, 9.17) is 5.53 Å². The summed E-state index contributed by atoms with van der Waals surface area (Å²) in [5.74, 6) is -1.09. The van der Waals surface area contributed by atoms with Crippen LogP contribution in [0.15, 0.2) is 17.2 Å². The Morgan fingerprint density at radius 2 is 1.93 bits per heavy atom. The largest absolute Gasteiger partial charge is 0.417 e. The van der Waals surface area contributed by atoms with Crippen molar-refractivity contribution in [1.29, 1.82) is 0 Å². The van der Waals surface area contributed by atoms with Crippen molar-refractivity contribution in [2.24, 2.45) is 5.11 Å². The summed E-state index contributed by atoms with van der Waals surface area (Å²) in [6.45, 7) is 0. The molecule has 0 aliphatic heterocycles. The molecule has 1 aromatic carbocycles. The van der Waals surface area contributed by atoms with Crippen LogP contribution in [0.5, 0.6) is 0 Å². The molecule has 0 saturated carbocycles. The molecule has 0 unspecified atom stereocenters. The first-order valence-electron chi connectivity index (χ1n) is 3.47. The molecule has 0 saturated heterocycles. The third-order valence-corrected chi connectivity index (χ3v) is 2.61. The van der Waals surface area contributed by atoms with E-state index < -0.39 is 17.6 Å². The molecule has 80 valence electrons. The first-order valence-corrected chi connectivity index (χ1v) is 4.55. The van der Waals surface area contributed by atoms with Crippen LogP contribution in [0, 0.1) is 9.39 Å². The first kappa shape index (κ1) is 12.1. The summed E-state index contributed by atoms with van der Waals surface area (Å²) >= 11 is 1.35. The van der Waals surface area contributed by atoms with Gasteiger partial charge in [0.05, 0.1) is 11.3 Å². The Morgan fingerprint density at radius 1 is 1.33 bits per heavy atom. The lowest BCUT2D eigenvalue weighted by Crippen LogP contribution is -2.08. The third kappa shape index (κ3) is 2.72. The fourth-order valence-corrected chi connectivity index (χ4v) is 1.63. The lowest BCUT2D eigenvalue weighted by Gasteiger charge is -2.10. The molecule has 1 rings (SSSR count). The van der Waals surface area contributed by atoms with Crippen LogP contribution in [0.25, 0.3) is 10.4 Å². The highest BCUT2D eigenvalue weighted by atomic mass is 127. The number of hydrogen-bond donors (Lipinski definition) is 0. The Morgan fingerprint density at radius 3 is 2.40 bits per heavy atom. The van der Waals surface area contributed by atoms with Gasteiger partial charge in [-0.1, -0.05) is 5.11 Å². The van der Waals surface area contributed by atoms with Gasteiger partial charge in [-0.15, -0.1) is 0 Å². The lowest BCUT2D eigenvalue weighted by molar-refractivity contribution is -0.138. The highest BCUT2D eigenvalue weighted by Gasteiger charge is 2.34. The summed E-state index contributed by atoms with van der Waals surface area (Å²) in [7, 11) is 0. The Bertz CT molecular complexity index is 437. The topological polar surface area (TPSA) is 48.8 Å². The van der Waals surface area contributed by atoms with E-state index in [0.29, 0.717) is 6.07 Å². The summed E-state index contributed by atoms with van der Waals surface area (Å²) < 4.78 is 49.5. The highest BCUT2D eigenvalue weighted by molar-refractivity contribution is 14.1. The molecule has 0 N–H and O–H groups in total. The van der Waals surface area contributed by atoms with Crippen molar-refractivity contribution in [3.63, 3.8) is 0 Å². The molecule has 0 aliphatic rings. The van der Waals surface area contributed by atoms with E-state index >= 15 is 0 Å². The molecule has 1 aromatic rings. The van der Waals surface area contributed by atoms with Gasteiger partial charge < -0.3 is 0 Å². The number of azide groups is 1. The highest BCUT2D eigenvalue weighted by Crippen LogP contribution is 2.37. The van der Waals surface area contributed by atoms with Crippen LogP contribution in [0.1, 0.15) is 5.56 Å². The number of benzene rings is 1. The Kier molecular flexibility index (Phi) is 3.40. The SMILES string of the molecule is [N-]=[N+]=Nc1cc(F)cc(C(F)(F)F)c1I. The minimum Gasteiger partial charge on any atom is -0.207 e. The fourth-order valence-electron chi connectivity index (χ4n) is 0.902. The van der Waals surface area contributed by atoms with Gasteiger partial charge >= 0.3 is 6.18 Å². The van der Waals surface area contributed by atoms with Crippen LogP contribution < -0.4 is 0 Å². The van der Waals surface area contributed by atoms with E-state index in [2.05, 4.69) is 10.0 Å². The number of rotatable bonds is 1. The standard InChI is InChI=1S/C7H2F4IN3/c8-3-1-4(7(9,10)11)6(12)5(2-3)14-15-13/h1-2H. The van der Waals surface area contributed by atoms with Crippen LogP contribution in [0.3, 0.4) is 0 Å². The predicted molar refractivity (Wildman–Crippen MR) is 52.9 cm³/mol. The summed E-state index contributed by atoms with van der Waals surface area (Å²) in [4.78, 5) is 2.32. The van der Waals surface area contributed by atoms with Crippen LogP contribution in [0.2, 0.25) is 0 Å². The van der Waals surface area contributed by atoms with Gasteiger partial charge in [0.25, 0.3) is 0 Å². The maximum absolute atomic E-state index is 12.8. The summed E-state index contributed by atoms with van der Waals surface area (Å²) in [5, 5.41) is 2.97. The van der Waals surface area contributed by atoms with Gasteiger partial charge in [-0.3, -0.25) is 0 Å². The molecule has 0 aromatic heterocycles. The Labute approximate surface area is 94.9 Å². The van der Waals surface area contributed by atoms with E-state index in [1.54, 1.807) is 0 Å². The van der Waals surface area contributed by atoms with Gasteiger partial charge in [0.1, 0.15) is 5.82 Å². The second kappa shape index (κ2) is 4.23. The zero-order valence-corrected chi connectivity index (χ0v) is 9.04. The van der Waals surface area contributed by atoms with Crippen LogP contribution in [-0.2, 0) is 6.18 Å². The smallest absolute Gasteiger partial charge is 0.207 e. The number of alkyl halides is 3. The van der Waals surface area contributed by atoms with Gasteiger partial charge in [0, 0.05) is 8.48 Å². The van der Waals surface area contributed by atoms with Crippen molar-refractivity contribution in [2.75, 3.05) is 0 Å².